The number of nitrogens with two attached hydrogens (primary N) is 1. The van der Waals surface area contributed by atoms with Gasteiger partial charge in [-0.3, -0.25) is 4.79 Å². The molecule has 1 aromatic rings. The minimum atomic E-state index is -0.638. The number of amides is 1. The van der Waals surface area contributed by atoms with Crippen LogP contribution in [0.15, 0.2) is 35.3 Å². The lowest BCUT2D eigenvalue weighted by Crippen LogP contribution is -2.35. The SMILES string of the molecule is C=CCC(N)C(=O)Nc1ccc(F)c(Br)c1. The van der Waals surface area contributed by atoms with Gasteiger partial charge >= 0.3 is 0 Å². The van der Waals surface area contributed by atoms with Crippen LogP contribution >= 0.6 is 15.9 Å². The van der Waals surface area contributed by atoms with Crippen LogP contribution < -0.4 is 11.1 Å². The first-order valence-electron chi connectivity index (χ1n) is 4.67. The van der Waals surface area contributed by atoms with Crippen LogP contribution in [0, 0.1) is 5.82 Å². The molecule has 0 spiro atoms. The Labute approximate surface area is 102 Å². The van der Waals surface area contributed by atoms with E-state index in [1.165, 1.54) is 18.2 Å². The molecule has 0 heterocycles. The summed E-state index contributed by atoms with van der Waals surface area (Å²) in [6.07, 6.45) is 1.97. The third kappa shape index (κ3) is 3.43. The minimum absolute atomic E-state index is 0.294. The van der Waals surface area contributed by atoms with E-state index in [4.69, 9.17) is 5.73 Å². The summed E-state index contributed by atoms with van der Waals surface area (Å²) < 4.78 is 13.2. The number of carbonyl (C=O) groups is 1. The molecule has 0 aliphatic carbocycles. The van der Waals surface area contributed by atoms with Crippen LogP contribution in [-0.2, 0) is 4.79 Å². The zero-order valence-corrected chi connectivity index (χ0v) is 10.1. The van der Waals surface area contributed by atoms with Crippen molar-refractivity contribution in [2.45, 2.75) is 12.5 Å². The molecule has 0 bridgehead atoms. The normalized spacial score (nSPS) is 11.9. The monoisotopic (exact) mass is 286 g/mol. The molecule has 5 heteroatoms. The van der Waals surface area contributed by atoms with Gasteiger partial charge in [0, 0.05) is 5.69 Å². The summed E-state index contributed by atoms with van der Waals surface area (Å²) in [5.74, 6) is -0.702. The van der Waals surface area contributed by atoms with Crippen LogP contribution in [-0.4, -0.2) is 11.9 Å². The number of benzene rings is 1. The molecule has 3 N–H and O–H groups in total. The highest BCUT2D eigenvalue weighted by molar-refractivity contribution is 9.10. The molecule has 3 nitrogen and oxygen atoms in total. The fraction of sp³-hybridized carbons (Fsp3) is 0.182. The van der Waals surface area contributed by atoms with Gasteiger partial charge in [0.25, 0.3) is 0 Å². The average molecular weight is 287 g/mol. The smallest absolute Gasteiger partial charge is 0.241 e. The molecule has 0 saturated heterocycles. The number of nitrogens with one attached hydrogen (secondary N) is 1. The maximum atomic E-state index is 12.9. The fourth-order valence-electron chi connectivity index (χ4n) is 1.10. The first kappa shape index (κ1) is 12.9. The van der Waals surface area contributed by atoms with E-state index in [9.17, 15) is 9.18 Å². The van der Waals surface area contributed by atoms with Gasteiger partial charge in [-0.2, -0.15) is 0 Å². The topological polar surface area (TPSA) is 55.1 Å². The van der Waals surface area contributed by atoms with E-state index in [1.807, 2.05) is 0 Å². The van der Waals surface area contributed by atoms with E-state index in [-0.39, 0.29) is 11.7 Å². The van der Waals surface area contributed by atoms with E-state index in [2.05, 4.69) is 27.8 Å². The van der Waals surface area contributed by atoms with Gasteiger partial charge in [0.2, 0.25) is 5.91 Å². The Morgan fingerprint density at radius 3 is 2.94 bits per heavy atom. The second-order valence-corrected chi connectivity index (χ2v) is 4.10. The lowest BCUT2D eigenvalue weighted by Gasteiger charge is -2.10. The van der Waals surface area contributed by atoms with Crippen molar-refractivity contribution in [2.24, 2.45) is 5.73 Å². The summed E-state index contributed by atoms with van der Waals surface area (Å²) >= 11 is 3.03. The van der Waals surface area contributed by atoms with Crippen LogP contribution in [0.1, 0.15) is 6.42 Å². The Balaban J connectivity index is 2.69. The Hall–Kier alpha value is -1.20. The van der Waals surface area contributed by atoms with Gasteiger partial charge in [0.05, 0.1) is 10.5 Å². The summed E-state index contributed by atoms with van der Waals surface area (Å²) in [6.45, 7) is 3.50. The quantitative estimate of drug-likeness (QED) is 0.836. The summed E-state index contributed by atoms with van der Waals surface area (Å²) in [5, 5.41) is 2.59. The predicted molar refractivity (Wildman–Crippen MR) is 65.5 cm³/mol. The van der Waals surface area contributed by atoms with Gasteiger partial charge in [0.1, 0.15) is 5.82 Å². The number of rotatable bonds is 4. The lowest BCUT2D eigenvalue weighted by molar-refractivity contribution is -0.117. The molecule has 86 valence electrons. The van der Waals surface area contributed by atoms with Gasteiger partial charge in [-0.25, -0.2) is 4.39 Å². The second kappa shape index (κ2) is 5.77. The van der Waals surface area contributed by atoms with E-state index in [1.54, 1.807) is 6.08 Å². The van der Waals surface area contributed by atoms with Crippen LogP contribution in [0.3, 0.4) is 0 Å². The maximum absolute atomic E-state index is 12.9. The minimum Gasteiger partial charge on any atom is -0.325 e. The second-order valence-electron chi connectivity index (χ2n) is 3.25. The van der Waals surface area contributed by atoms with Gasteiger partial charge in [-0.05, 0) is 40.5 Å². The zero-order valence-electron chi connectivity index (χ0n) is 8.54. The summed E-state index contributed by atoms with van der Waals surface area (Å²) in [4.78, 5) is 11.5. The molecule has 0 aliphatic heterocycles. The first-order valence-corrected chi connectivity index (χ1v) is 5.46. The Bertz CT molecular complexity index is 409. The summed E-state index contributed by atoms with van der Waals surface area (Å²) in [7, 11) is 0. The fourth-order valence-corrected chi connectivity index (χ4v) is 1.47. The molecule has 1 aromatic carbocycles. The van der Waals surface area contributed by atoms with Crippen molar-refractivity contribution >= 4 is 27.5 Å². The molecule has 16 heavy (non-hydrogen) atoms. The van der Waals surface area contributed by atoms with Crippen molar-refractivity contribution in [1.82, 2.24) is 0 Å². The third-order valence-electron chi connectivity index (χ3n) is 1.94. The zero-order chi connectivity index (χ0) is 12.1. The molecule has 1 atom stereocenters. The number of halogens is 2. The van der Waals surface area contributed by atoms with Crippen molar-refractivity contribution in [1.29, 1.82) is 0 Å². The van der Waals surface area contributed by atoms with Crippen molar-refractivity contribution in [2.75, 3.05) is 5.32 Å². The van der Waals surface area contributed by atoms with E-state index < -0.39 is 6.04 Å². The Morgan fingerprint density at radius 2 is 2.38 bits per heavy atom. The van der Waals surface area contributed by atoms with Crippen LogP contribution in [0.25, 0.3) is 0 Å². The highest BCUT2D eigenvalue weighted by Gasteiger charge is 2.12. The molecule has 0 aliphatic rings. The van der Waals surface area contributed by atoms with E-state index in [0.29, 0.717) is 16.6 Å². The highest BCUT2D eigenvalue weighted by Crippen LogP contribution is 2.20. The van der Waals surface area contributed by atoms with Crippen LogP contribution in [0.2, 0.25) is 0 Å². The van der Waals surface area contributed by atoms with Gasteiger partial charge in [-0.1, -0.05) is 6.08 Å². The Kier molecular flexibility index (Phi) is 4.64. The van der Waals surface area contributed by atoms with Crippen molar-refractivity contribution in [3.05, 3.63) is 41.1 Å². The number of hydrogen-bond acceptors (Lipinski definition) is 2. The molecule has 1 unspecified atom stereocenters. The highest BCUT2D eigenvalue weighted by atomic mass is 79.9. The number of carbonyl (C=O) groups excluding carboxylic acids is 1. The predicted octanol–water partition coefficient (Wildman–Crippen LogP) is 2.43. The summed E-state index contributed by atoms with van der Waals surface area (Å²) in [6, 6.07) is 3.58. The van der Waals surface area contributed by atoms with Crippen LogP contribution in [0.5, 0.6) is 0 Å². The van der Waals surface area contributed by atoms with Crippen LogP contribution in [0.4, 0.5) is 10.1 Å². The largest absolute Gasteiger partial charge is 0.325 e. The molecular formula is C11H12BrFN2O. The summed E-state index contributed by atoms with van der Waals surface area (Å²) in [5.41, 5.74) is 6.07. The molecule has 1 amide bonds. The average Bonchev–Trinajstić information content (AvgIpc) is 2.24. The molecule has 1 rings (SSSR count). The molecule has 0 aromatic heterocycles. The maximum Gasteiger partial charge on any atom is 0.241 e. The third-order valence-corrected chi connectivity index (χ3v) is 2.55. The van der Waals surface area contributed by atoms with Crippen molar-refractivity contribution in [3.8, 4) is 0 Å². The van der Waals surface area contributed by atoms with E-state index in [0.717, 1.165) is 0 Å². The molecule has 0 saturated carbocycles. The first-order chi connectivity index (χ1) is 7.54. The molecular weight excluding hydrogens is 275 g/mol. The van der Waals surface area contributed by atoms with Gasteiger partial charge in [0.15, 0.2) is 0 Å². The number of hydrogen-bond donors (Lipinski definition) is 2. The molecule has 0 radical (unpaired) electrons. The Morgan fingerprint density at radius 1 is 1.69 bits per heavy atom. The van der Waals surface area contributed by atoms with Crippen molar-refractivity contribution < 1.29 is 9.18 Å². The van der Waals surface area contributed by atoms with Crippen molar-refractivity contribution in [3.63, 3.8) is 0 Å². The standard InChI is InChI=1S/C11H12BrFN2O/c1-2-3-10(14)11(16)15-7-4-5-9(13)8(12)6-7/h2,4-6,10H,1,3,14H2,(H,15,16). The number of anilines is 1. The van der Waals surface area contributed by atoms with Gasteiger partial charge < -0.3 is 11.1 Å². The lowest BCUT2D eigenvalue weighted by atomic mass is 10.2. The van der Waals surface area contributed by atoms with Gasteiger partial charge in [-0.15, -0.1) is 6.58 Å². The molecule has 0 fully saturated rings. The van der Waals surface area contributed by atoms with E-state index >= 15 is 0 Å².